The molecule has 2 heterocycles. The van der Waals surface area contributed by atoms with Gasteiger partial charge in [-0.15, -0.1) is 11.3 Å². The lowest BCUT2D eigenvalue weighted by atomic mass is 10.3. The Morgan fingerprint density at radius 2 is 2.25 bits per heavy atom. The second kappa shape index (κ2) is 4.67. The van der Waals surface area contributed by atoms with Crippen molar-refractivity contribution < 1.29 is 13.5 Å². The molecule has 2 rings (SSSR count). The molecule has 1 N–H and O–H groups in total. The Hall–Kier alpha value is -0.690. The molecular weight excluding hydrogens is 246 g/mol. The summed E-state index contributed by atoms with van der Waals surface area (Å²) in [5, 5.41) is 10.5. The molecule has 0 bridgehead atoms. The monoisotopic (exact) mass is 259 g/mol. The Labute approximate surface area is 98.9 Å². The first-order valence-electron chi connectivity index (χ1n) is 4.98. The molecule has 6 heteroatoms. The van der Waals surface area contributed by atoms with Crippen LogP contribution in [-0.4, -0.2) is 30.9 Å². The van der Waals surface area contributed by atoms with Crippen LogP contribution in [0.5, 0.6) is 0 Å². The summed E-state index contributed by atoms with van der Waals surface area (Å²) in [6, 6.07) is 1.54. The van der Waals surface area contributed by atoms with Crippen LogP contribution in [0.2, 0.25) is 0 Å². The van der Waals surface area contributed by atoms with Gasteiger partial charge in [-0.25, -0.2) is 8.42 Å². The largest absolute Gasteiger partial charge is 0.391 e. The van der Waals surface area contributed by atoms with Crippen LogP contribution < -0.4 is 0 Å². The van der Waals surface area contributed by atoms with Crippen molar-refractivity contribution in [1.82, 2.24) is 4.31 Å². The summed E-state index contributed by atoms with van der Waals surface area (Å²) in [4.78, 5) is 0.961. The van der Waals surface area contributed by atoms with Gasteiger partial charge in [-0.05, 0) is 12.5 Å². The highest BCUT2D eigenvalue weighted by molar-refractivity contribution is 7.89. The predicted octanol–water partition coefficient (Wildman–Crippen LogP) is 1.19. The van der Waals surface area contributed by atoms with Gasteiger partial charge in [0.05, 0.1) is 11.5 Å². The molecule has 0 saturated heterocycles. The van der Waals surface area contributed by atoms with Gasteiger partial charge in [-0.3, -0.25) is 0 Å². The van der Waals surface area contributed by atoms with Gasteiger partial charge in [0.25, 0.3) is 0 Å². The van der Waals surface area contributed by atoms with Gasteiger partial charge in [-0.1, -0.05) is 12.2 Å². The molecule has 0 fully saturated rings. The SMILES string of the molecule is O=S(=O)(c1csc(CO)c1)N1CC=CCC1. The first kappa shape index (κ1) is 11.8. The molecule has 88 valence electrons. The van der Waals surface area contributed by atoms with E-state index in [-0.39, 0.29) is 11.5 Å². The second-order valence-corrected chi connectivity index (χ2v) is 6.46. The molecule has 4 nitrogen and oxygen atoms in total. The third-order valence-electron chi connectivity index (χ3n) is 2.44. The maximum Gasteiger partial charge on any atom is 0.244 e. The fraction of sp³-hybridized carbons (Fsp3) is 0.400. The summed E-state index contributed by atoms with van der Waals surface area (Å²) in [7, 11) is -3.37. The fourth-order valence-corrected chi connectivity index (χ4v) is 4.09. The minimum Gasteiger partial charge on any atom is -0.391 e. The van der Waals surface area contributed by atoms with E-state index in [1.807, 2.05) is 12.2 Å². The first-order valence-corrected chi connectivity index (χ1v) is 7.30. The molecule has 0 aliphatic carbocycles. The van der Waals surface area contributed by atoms with E-state index in [4.69, 9.17) is 5.11 Å². The summed E-state index contributed by atoms with van der Waals surface area (Å²) in [5.41, 5.74) is 0. The molecule has 0 aromatic carbocycles. The van der Waals surface area contributed by atoms with Crippen molar-refractivity contribution >= 4 is 21.4 Å². The molecule has 0 spiro atoms. The summed E-state index contributed by atoms with van der Waals surface area (Å²) in [6.07, 6.45) is 4.61. The van der Waals surface area contributed by atoms with E-state index < -0.39 is 10.0 Å². The van der Waals surface area contributed by atoms with Crippen molar-refractivity contribution in [1.29, 1.82) is 0 Å². The zero-order valence-electron chi connectivity index (χ0n) is 8.67. The number of nitrogens with zero attached hydrogens (tertiary/aromatic N) is 1. The van der Waals surface area contributed by atoms with Gasteiger partial charge < -0.3 is 5.11 Å². The normalized spacial score (nSPS) is 17.8. The molecule has 1 aromatic rings. The Morgan fingerprint density at radius 1 is 1.44 bits per heavy atom. The second-order valence-electron chi connectivity index (χ2n) is 3.53. The topological polar surface area (TPSA) is 57.6 Å². The number of rotatable bonds is 3. The van der Waals surface area contributed by atoms with E-state index >= 15 is 0 Å². The van der Waals surface area contributed by atoms with E-state index in [0.717, 1.165) is 6.42 Å². The number of hydrogen-bond acceptors (Lipinski definition) is 4. The minimum atomic E-state index is -3.37. The van der Waals surface area contributed by atoms with E-state index in [9.17, 15) is 8.42 Å². The Balaban J connectivity index is 2.27. The summed E-state index contributed by atoms with van der Waals surface area (Å²) in [5.74, 6) is 0. The van der Waals surface area contributed by atoms with E-state index in [2.05, 4.69) is 0 Å². The van der Waals surface area contributed by atoms with Crippen LogP contribution in [-0.2, 0) is 16.6 Å². The summed E-state index contributed by atoms with van der Waals surface area (Å²) < 4.78 is 25.7. The first-order chi connectivity index (χ1) is 7.64. The molecule has 0 radical (unpaired) electrons. The Bertz CT molecular complexity index is 490. The fourth-order valence-electron chi connectivity index (χ4n) is 1.57. The lowest BCUT2D eigenvalue weighted by molar-refractivity contribution is 0.285. The molecule has 1 aliphatic heterocycles. The van der Waals surface area contributed by atoms with Crippen LogP contribution in [0, 0.1) is 0 Å². The number of sulfonamides is 1. The molecule has 1 aliphatic rings. The summed E-state index contributed by atoms with van der Waals surface area (Å²) >= 11 is 1.27. The Morgan fingerprint density at radius 3 is 2.81 bits per heavy atom. The molecule has 0 unspecified atom stereocenters. The van der Waals surface area contributed by atoms with E-state index in [1.54, 1.807) is 11.4 Å². The van der Waals surface area contributed by atoms with Crippen molar-refractivity contribution in [2.45, 2.75) is 17.9 Å². The third kappa shape index (κ3) is 2.20. The number of aliphatic hydroxyl groups excluding tert-OH is 1. The van der Waals surface area contributed by atoms with Crippen molar-refractivity contribution in [2.75, 3.05) is 13.1 Å². The quantitative estimate of drug-likeness (QED) is 0.830. The van der Waals surface area contributed by atoms with Gasteiger partial charge >= 0.3 is 0 Å². The van der Waals surface area contributed by atoms with Crippen molar-refractivity contribution in [3.63, 3.8) is 0 Å². The third-order valence-corrected chi connectivity index (χ3v) is 5.36. The lowest BCUT2D eigenvalue weighted by Crippen LogP contribution is -2.33. The van der Waals surface area contributed by atoms with Crippen molar-refractivity contribution in [3.8, 4) is 0 Å². The number of aliphatic hydroxyl groups is 1. The molecular formula is C10H13NO3S2. The predicted molar refractivity (Wildman–Crippen MR) is 62.8 cm³/mol. The van der Waals surface area contributed by atoms with Crippen LogP contribution in [0.15, 0.2) is 28.5 Å². The van der Waals surface area contributed by atoms with Crippen LogP contribution in [0.3, 0.4) is 0 Å². The van der Waals surface area contributed by atoms with Gasteiger partial charge in [0.2, 0.25) is 10.0 Å². The lowest BCUT2D eigenvalue weighted by Gasteiger charge is -2.21. The maximum absolute atomic E-state index is 12.1. The smallest absolute Gasteiger partial charge is 0.244 e. The highest BCUT2D eigenvalue weighted by Gasteiger charge is 2.25. The van der Waals surface area contributed by atoms with Crippen molar-refractivity contribution in [2.24, 2.45) is 0 Å². The van der Waals surface area contributed by atoms with Gasteiger partial charge in [0.15, 0.2) is 0 Å². The molecule has 16 heavy (non-hydrogen) atoms. The van der Waals surface area contributed by atoms with Crippen LogP contribution in [0.1, 0.15) is 11.3 Å². The molecule has 0 atom stereocenters. The summed E-state index contributed by atoms with van der Waals surface area (Å²) in [6.45, 7) is 0.857. The van der Waals surface area contributed by atoms with Crippen LogP contribution in [0.4, 0.5) is 0 Å². The molecule has 0 amide bonds. The number of thiophene rings is 1. The van der Waals surface area contributed by atoms with Gasteiger partial charge in [-0.2, -0.15) is 4.31 Å². The molecule has 0 saturated carbocycles. The highest BCUT2D eigenvalue weighted by Crippen LogP contribution is 2.23. The van der Waals surface area contributed by atoms with Gasteiger partial charge in [0, 0.05) is 23.3 Å². The Kier molecular flexibility index (Phi) is 3.44. The van der Waals surface area contributed by atoms with E-state index in [0.29, 0.717) is 18.0 Å². The maximum atomic E-state index is 12.1. The van der Waals surface area contributed by atoms with Gasteiger partial charge in [0.1, 0.15) is 0 Å². The van der Waals surface area contributed by atoms with Crippen LogP contribution >= 0.6 is 11.3 Å². The van der Waals surface area contributed by atoms with E-state index in [1.165, 1.54) is 15.6 Å². The number of hydrogen-bond donors (Lipinski definition) is 1. The van der Waals surface area contributed by atoms with Crippen molar-refractivity contribution in [3.05, 3.63) is 28.5 Å². The standard InChI is InChI=1S/C10H13NO3S2/c12-7-9-6-10(8-15-9)16(13,14)11-4-2-1-3-5-11/h1-2,6,8,12H,3-5,7H2. The average molecular weight is 259 g/mol. The highest BCUT2D eigenvalue weighted by atomic mass is 32.2. The minimum absolute atomic E-state index is 0.111. The zero-order valence-corrected chi connectivity index (χ0v) is 10.3. The van der Waals surface area contributed by atoms with Crippen LogP contribution in [0.25, 0.3) is 0 Å². The molecule has 1 aromatic heterocycles. The average Bonchev–Trinajstić information content (AvgIpc) is 2.79. The zero-order chi connectivity index (χ0) is 11.6.